The number of benzene rings is 2. The maximum absolute atomic E-state index is 12.2. The van der Waals surface area contributed by atoms with Crippen LogP contribution in [-0.4, -0.2) is 27.1 Å². The smallest absolute Gasteiger partial charge is 0.311 e. The van der Waals surface area contributed by atoms with E-state index in [4.69, 9.17) is 0 Å². The first-order chi connectivity index (χ1) is 10.9. The van der Waals surface area contributed by atoms with Crippen molar-refractivity contribution >= 4 is 11.6 Å². The molecule has 0 aliphatic heterocycles. The highest BCUT2D eigenvalue weighted by Crippen LogP contribution is 2.29. The van der Waals surface area contributed by atoms with Crippen molar-refractivity contribution in [1.82, 2.24) is 5.32 Å². The molecule has 0 aromatic heterocycles. The summed E-state index contributed by atoms with van der Waals surface area (Å²) in [7, 11) is 0. The number of aromatic hydroxyl groups is 2. The SMILES string of the molecule is CC(Cc1ccc(O)cc1)NC(=O)c1cccc([N+](=O)[O-])c1O. The highest BCUT2D eigenvalue weighted by molar-refractivity contribution is 5.98. The molecule has 1 amide bonds. The summed E-state index contributed by atoms with van der Waals surface area (Å²) in [6.45, 7) is 1.78. The molecule has 1 unspecified atom stereocenters. The van der Waals surface area contributed by atoms with Crippen molar-refractivity contribution in [1.29, 1.82) is 0 Å². The van der Waals surface area contributed by atoms with E-state index in [2.05, 4.69) is 5.32 Å². The predicted octanol–water partition coefficient (Wildman–Crippen LogP) is 2.37. The van der Waals surface area contributed by atoms with Gasteiger partial charge in [0.25, 0.3) is 5.91 Å². The lowest BCUT2D eigenvalue weighted by Gasteiger charge is -2.14. The second-order valence-electron chi connectivity index (χ2n) is 5.18. The molecule has 2 rings (SSSR count). The van der Waals surface area contributed by atoms with Crippen LogP contribution < -0.4 is 5.32 Å². The number of rotatable bonds is 5. The summed E-state index contributed by atoms with van der Waals surface area (Å²) in [6.07, 6.45) is 0.516. The molecule has 2 aromatic carbocycles. The summed E-state index contributed by atoms with van der Waals surface area (Å²) >= 11 is 0. The van der Waals surface area contributed by atoms with Gasteiger partial charge in [-0.2, -0.15) is 0 Å². The number of carbonyl (C=O) groups excluding carboxylic acids is 1. The Balaban J connectivity index is 2.08. The van der Waals surface area contributed by atoms with E-state index in [-0.39, 0.29) is 17.4 Å². The van der Waals surface area contributed by atoms with Crippen LogP contribution in [0.2, 0.25) is 0 Å². The topological polar surface area (TPSA) is 113 Å². The summed E-state index contributed by atoms with van der Waals surface area (Å²) in [5.74, 6) is -1.07. The van der Waals surface area contributed by atoms with Gasteiger partial charge in [0.1, 0.15) is 5.75 Å². The van der Waals surface area contributed by atoms with E-state index in [1.165, 1.54) is 12.1 Å². The van der Waals surface area contributed by atoms with Crippen LogP contribution in [0, 0.1) is 10.1 Å². The molecule has 2 aromatic rings. The van der Waals surface area contributed by atoms with Crippen molar-refractivity contribution in [2.75, 3.05) is 0 Å². The quantitative estimate of drug-likeness (QED) is 0.579. The molecule has 0 saturated heterocycles. The maximum atomic E-state index is 12.2. The van der Waals surface area contributed by atoms with Gasteiger partial charge in [-0.15, -0.1) is 0 Å². The van der Waals surface area contributed by atoms with Gasteiger partial charge in [-0.1, -0.05) is 18.2 Å². The third-order valence-electron chi connectivity index (χ3n) is 3.31. The maximum Gasteiger partial charge on any atom is 0.311 e. The number of para-hydroxylation sites is 1. The number of phenolic OH excluding ortho intramolecular Hbond substituents is 2. The Labute approximate surface area is 132 Å². The number of carbonyl (C=O) groups is 1. The van der Waals surface area contributed by atoms with Gasteiger partial charge >= 0.3 is 5.69 Å². The van der Waals surface area contributed by atoms with Gasteiger partial charge in [0, 0.05) is 12.1 Å². The first kappa shape index (κ1) is 16.3. The zero-order valence-corrected chi connectivity index (χ0v) is 12.4. The van der Waals surface area contributed by atoms with Crippen molar-refractivity contribution in [3.05, 3.63) is 63.7 Å². The minimum absolute atomic E-state index is 0.142. The Morgan fingerprint density at radius 3 is 2.48 bits per heavy atom. The summed E-state index contributed by atoms with van der Waals surface area (Å²) in [4.78, 5) is 22.2. The number of nitrogens with zero attached hydrogens (tertiary/aromatic N) is 1. The minimum Gasteiger partial charge on any atom is -0.508 e. The molecule has 23 heavy (non-hydrogen) atoms. The molecule has 0 bridgehead atoms. The monoisotopic (exact) mass is 316 g/mol. The molecule has 3 N–H and O–H groups in total. The van der Waals surface area contributed by atoms with Gasteiger partial charge < -0.3 is 15.5 Å². The third-order valence-corrected chi connectivity index (χ3v) is 3.31. The third kappa shape index (κ3) is 3.97. The van der Waals surface area contributed by atoms with Crippen LogP contribution in [0.1, 0.15) is 22.8 Å². The van der Waals surface area contributed by atoms with Gasteiger partial charge in [0.05, 0.1) is 10.5 Å². The molecule has 0 aliphatic rings. The van der Waals surface area contributed by atoms with Crippen LogP contribution >= 0.6 is 0 Å². The first-order valence-electron chi connectivity index (χ1n) is 6.93. The zero-order valence-electron chi connectivity index (χ0n) is 12.4. The van der Waals surface area contributed by atoms with Crippen molar-refractivity contribution in [2.24, 2.45) is 0 Å². The number of amides is 1. The second kappa shape index (κ2) is 6.78. The van der Waals surface area contributed by atoms with E-state index in [9.17, 15) is 25.1 Å². The van der Waals surface area contributed by atoms with Gasteiger partial charge in [-0.3, -0.25) is 14.9 Å². The number of hydrogen-bond acceptors (Lipinski definition) is 5. The van der Waals surface area contributed by atoms with Crippen molar-refractivity contribution in [3.63, 3.8) is 0 Å². The van der Waals surface area contributed by atoms with Crippen molar-refractivity contribution in [2.45, 2.75) is 19.4 Å². The van der Waals surface area contributed by atoms with Gasteiger partial charge in [-0.25, -0.2) is 0 Å². The number of nitrogens with one attached hydrogen (secondary N) is 1. The van der Waals surface area contributed by atoms with Crippen LogP contribution in [0.15, 0.2) is 42.5 Å². The summed E-state index contributed by atoms with van der Waals surface area (Å²) in [5.41, 5.74) is 0.263. The molecule has 0 heterocycles. The molecule has 0 saturated carbocycles. The van der Waals surface area contributed by atoms with Crippen LogP contribution in [0.4, 0.5) is 5.69 Å². The molecule has 7 heteroatoms. The van der Waals surface area contributed by atoms with E-state index in [1.54, 1.807) is 31.2 Å². The van der Waals surface area contributed by atoms with Crippen LogP contribution in [-0.2, 0) is 6.42 Å². The van der Waals surface area contributed by atoms with E-state index in [1.807, 2.05) is 0 Å². The number of phenols is 2. The van der Waals surface area contributed by atoms with Crippen molar-refractivity contribution < 1.29 is 19.9 Å². The summed E-state index contributed by atoms with van der Waals surface area (Å²) in [5, 5.41) is 32.5. The summed E-state index contributed by atoms with van der Waals surface area (Å²) < 4.78 is 0. The van der Waals surface area contributed by atoms with Crippen LogP contribution in [0.25, 0.3) is 0 Å². The number of nitro groups is 1. The zero-order chi connectivity index (χ0) is 17.0. The van der Waals surface area contributed by atoms with Crippen molar-refractivity contribution in [3.8, 4) is 11.5 Å². The average Bonchev–Trinajstić information content (AvgIpc) is 2.49. The summed E-state index contributed by atoms with van der Waals surface area (Å²) in [6, 6.07) is 10.1. The van der Waals surface area contributed by atoms with Gasteiger partial charge in [0.2, 0.25) is 5.75 Å². The normalized spacial score (nSPS) is 11.7. The lowest BCUT2D eigenvalue weighted by molar-refractivity contribution is -0.385. The molecule has 7 nitrogen and oxygen atoms in total. The molecule has 1 atom stereocenters. The standard InChI is InChI=1S/C16H16N2O5/c1-10(9-11-5-7-12(19)8-6-11)17-16(21)13-3-2-4-14(15(13)20)18(22)23/h2-8,10,19-20H,9H2,1H3,(H,17,21). The molecule has 0 spiro atoms. The minimum atomic E-state index is -0.744. The van der Waals surface area contributed by atoms with E-state index in [0.717, 1.165) is 11.6 Å². The molecule has 0 fully saturated rings. The molecular weight excluding hydrogens is 300 g/mol. The first-order valence-corrected chi connectivity index (χ1v) is 6.93. The predicted molar refractivity (Wildman–Crippen MR) is 83.5 cm³/mol. The highest BCUT2D eigenvalue weighted by Gasteiger charge is 2.21. The lowest BCUT2D eigenvalue weighted by atomic mass is 10.1. The molecular formula is C16H16N2O5. The fraction of sp³-hybridized carbons (Fsp3) is 0.188. The molecule has 0 radical (unpaired) electrons. The Morgan fingerprint density at radius 1 is 1.22 bits per heavy atom. The van der Waals surface area contributed by atoms with E-state index < -0.39 is 22.3 Å². The Kier molecular flexibility index (Phi) is 4.80. The second-order valence-corrected chi connectivity index (χ2v) is 5.18. The highest BCUT2D eigenvalue weighted by atomic mass is 16.6. The largest absolute Gasteiger partial charge is 0.508 e. The fourth-order valence-electron chi connectivity index (χ4n) is 2.20. The number of hydrogen-bond donors (Lipinski definition) is 3. The van der Waals surface area contributed by atoms with Crippen LogP contribution in [0.5, 0.6) is 11.5 Å². The Morgan fingerprint density at radius 2 is 1.87 bits per heavy atom. The van der Waals surface area contributed by atoms with Gasteiger partial charge in [-0.05, 0) is 37.1 Å². The average molecular weight is 316 g/mol. The lowest BCUT2D eigenvalue weighted by Crippen LogP contribution is -2.34. The molecule has 120 valence electrons. The number of nitro benzene ring substituents is 1. The fourth-order valence-corrected chi connectivity index (χ4v) is 2.20. The molecule has 0 aliphatic carbocycles. The van der Waals surface area contributed by atoms with E-state index >= 15 is 0 Å². The Bertz CT molecular complexity index is 728. The van der Waals surface area contributed by atoms with Gasteiger partial charge in [0.15, 0.2) is 0 Å². The van der Waals surface area contributed by atoms with E-state index in [0.29, 0.717) is 6.42 Å². The van der Waals surface area contributed by atoms with Crippen LogP contribution in [0.3, 0.4) is 0 Å². The Hall–Kier alpha value is -3.09.